The van der Waals surface area contributed by atoms with Gasteiger partial charge in [0, 0.05) is 48.9 Å². The lowest BCUT2D eigenvalue weighted by Crippen LogP contribution is -2.51. The molecule has 1 saturated carbocycles. The van der Waals surface area contributed by atoms with E-state index in [1.807, 2.05) is 18.2 Å². The van der Waals surface area contributed by atoms with Crippen LogP contribution in [0.15, 0.2) is 59.1 Å². The van der Waals surface area contributed by atoms with E-state index in [0.717, 1.165) is 43.1 Å². The van der Waals surface area contributed by atoms with Gasteiger partial charge in [-0.1, -0.05) is 29.8 Å². The molecule has 1 aliphatic heterocycles. The fourth-order valence-corrected chi connectivity index (χ4v) is 4.17. The summed E-state index contributed by atoms with van der Waals surface area (Å²) in [4.78, 5) is 33.3. The first-order valence-electron chi connectivity index (χ1n) is 11.5. The molecule has 0 unspecified atom stereocenters. The number of amides is 2. The van der Waals surface area contributed by atoms with Gasteiger partial charge < -0.3 is 19.6 Å². The molecule has 2 aromatic carbocycles. The Bertz CT molecular complexity index is 1100. The average Bonchev–Trinajstić information content (AvgIpc) is 3.31. The molecular formula is C25H27N5O3. The molecule has 1 saturated heterocycles. The molecule has 0 radical (unpaired) electrons. The molecule has 2 heterocycles. The number of carbonyl (C=O) groups excluding carboxylic acids is 2. The number of carbonyl (C=O) groups is 2. The van der Waals surface area contributed by atoms with Crippen molar-refractivity contribution in [2.45, 2.75) is 25.2 Å². The molecule has 2 fully saturated rings. The zero-order valence-corrected chi connectivity index (χ0v) is 18.4. The maximum Gasteiger partial charge on any atom is 0.251 e. The van der Waals surface area contributed by atoms with Crippen LogP contribution in [0.1, 0.15) is 41.4 Å². The normalized spacial score (nSPS) is 16.4. The van der Waals surface area contributed by atoms with Gasteiger partial charge in [-0.05, 0) is 49.2 Å². The Morgan fingerprint density at radius 1 is 0.970 bits per heavy atom. The number of piperazine rings is 1. The number of aromatic nitrogens is 2. The maximum atomic E-state index is 12.5. The minimum absolute atomic E-state index is 0.00989. The van der Waals surface area contributed by atoms with E-state index in [1.165, 1.54) is 6.42 Å². The number of anilines is 1. The summed E-state index contributed by atoms with van der Waals surface area (Å²) in [5.41, 5.74) is 2.60. The van der Waals surface area contributed by atoms with Gasteiger partial charge in [0.15, 0.2) is 0 Å². The van der Waals surface area contributed by atoms with Crippen molar-refractivity contribution < 1.29 is 14.1 Å². The Balaban J connectivity index is 1.11. The minimum atomic E-state index is -0.232. The topological polar surface area (TPSA) is 91.6 Å². The highest BCUT2D eigenvalue weighted by Gasteiger charge is 2.26. The first-order chi connectivity index (χ1) is 16.2. The smallest absolute Gasteiger partial charge is 0.251 e. The Morgan fingerprint density at radius 3 is 2.36 bits per heavy atom. The number of benzene rings is 2. The van der Waals surface area contributed by atoms with E-state index >= 15 is 0 Å². The molecule has 5 rings (SSSR count). The molecule has 0 bridgehead atoms. The Hall–Kier alpha value is -3.68. The van der Waals surface area contributed by atoms with Crippen molar-refractivity contribution in [2.75, 3.05) is 37.6 Å². The molecule has 0 spiro atoms. The van der Waals surface area contributed by atoms with Crippen molar-refractivity contribution in [1.82, 2.24) is 20.4 Å². The van der Waals surface area contributed by atoms with Gasteiger partial charge >= 0.3 is 0 Å². The van der Waals surface area contributed by atoms with Gasteiger partial charge in [-0.25, -0.2) is 0 Å². The summed E-state index contributed by atoms with van der Waals surface area (Å²) >= 11 is 0. The number of hydrogen-bond acceptors (Lipinski definition) is 6. The van der Waals surface area contributed by atoms with Crippen molar-refractivity contribution >= 4 is 17.5 Å². The van der Waals surface area contributed by atoms with Crippen LogP contribution in [0.3, 0.4) is 0 Å². The van der Waals surface area contributed by atoms with Crippen LogP contribution in [0.2, 0.25) is 0 Å². The zero-order valence-electron chi connectivity index (χ0n) is 18.4. The predicted octanol–water partition coefficient (Wildman–Crippen LogP) is 3.08. The van der Waals surface area contributed by atoms with Crippen molar-refractivity contribution in [1.29, 1.82) is 0 Å². The number of nitrogens with zero attached hydrogens (tertiary/aromatic N) is 4. The second-order valence-electron chi connectivity index (χ2n) is 8.55. The van der Waals surface area contributed by atoms with E-state index in [-0.39, 0.29) is 18.4 Å². The molecule has 2 amide bonds. The first-order valence-corrected chi connectivity index (χ1v) is 11.5. The first kappa shape index (κ1) is 21.2. The van der Waals surface area contributed by atoms with Crippen LogP contribution in [-0.4, -0.2) is 59.6 Å². The highest BCUT2D eigenvalue weighted by molar-refractivity contribution is 5.96. The maximum absolute atomic E-state index is 12.5. The molecule has 0 atom stereocenters. The minimum Gasteiger partial charge on any atom is -0.368 e. The van der Waals surface area contributed by atoms with Gasteiger partial charge in [0.25, 0.3) is 5.91 Å². The van der Waals surface area contributed by atoms with Crippen molar-refractivity contribution in [2.24, 2.45) is 0 Å². The monoisotopic (exact) mass is 445 g/mol. The summed E-state index contributed by atoms with van der Waals surface area (Å²) in [6.07, 6.45) is 3.50. The molecule has 1 aliphatic carbocycles. The number of rotatable bonds is 6. The molecule has 170 valence electrons. The van der Waals surface area contributed by atoms with Crippen LogP contribution in [0.5, 0.6) is 0 Å². The van der Waals surface area contributed by atoms with Crippen molar-refractivity contribution in [3.05, 3.63) is 66.1 Å². The summed E-state index contributed by atoms with van der Waals surface area (Å²) in [6, 6.07) is 17.1. The van der Waals surface area contributed by atoms with Crippen LogP contribution >= 0.6 is 0 Å². The van der Waals surface area contributed by atoms with E-state index in [0.29, 0.717) is 30.4 Å². The predicted molar refractivity (Wildman–Crippen MR) is 124 cm³/mol. The number of nitrogens with one attached hydrogen (secondary N) is 1. The quantitative estimate of drug-likeness (QED) is 0.627. The lowest BCUT2D eigenvalue weighted by Gasteiger charge is -2.36. The molecule has 33 heavy (non-hydrogen) atoms. The van der Waals surface area contributed by atoms with Gasteiger partial charge in [-0.2, -0.15) is 4.98 Å². The van der Waals surface area contributed by atoms with E-state index in [4.69, 9.17) is 4.52 Å². The third kappa shape index (κ3) is 4.74. The summed E-state index contributed by atoms with van der Waals surface area (Å²) in [5, 5.41) is 6.85. The fourth-order valence-electron chi connectivity index (χ4n) is 4.17. The molecule has 3 aromatic rings. The van der Waals surface area contributed by atoms with Gasteiger partial charge in [0.05, 0.1) is 6.54 Å². The van der Waals surface area contributed by atoms with E-state index < -0.39 is 0 Å². The Morgan fingerprint density at radius 2 is 1.70 bits per heavy atom. The highest BCUT2D eigenvalue weighted by Crippen LogP contribution is 2.36. The standard InChI is InChI=1S/C25H27N5O3/c31-22(17-26-24(32)19-5-2-1-3-6-19)30-15-13-29(14-16-30)21-11-9-18(10-12-21)23-27-25(33-28-23)20-7-4-8-20/h1-3,5-6,9-12,20H,4,7-8,13-17H2,(H,26,32). The zero-order chi connectivity index (χ0) is 22.6. The second kappa shape index (κ2) is 9.44. The molecule has 2 aliphatic rings. The van der Waals surface area contributed by atoms with Gasteiger partial charge in [-0.3, -0.25) is 9.59 Å². The van der Waals surface area contributed by atoms with E-state index in [9.17, 15) is 9.59 Å². The van der Waals surface area contributed by atoms with Crippen LogP contribution in [0.25, 0.3) is 11.4 Å². The second-order valence-corrected chi connectivity index (χ2v) is 8.55. The van der Waals surface area contributed by atoms with E-state index in [1.54, 1.807) is 29.2 Å². The highest BCUT2D eigenvalue weighted by atomic mass is 16.5. The third-order valence-electron chi connectivity index (χ3n) is 6.46. The number of hydrogen-bond donors (Lipinski definition) is 1. The molecule has 1 aromatic heterocycles. The Kier molecular flexibility index (Phi) is 6.06. The van der Waals surface area contributed by atoms with Gasteiger partial charge in [0.1, 0.15) is 0 Å². The fraction of sp³-hybridized carbons (Fsp3) is 0.360. The molecule has 8 heteroatoms. The summed E-state index contributed by atoms with van der Waals surface area (Å²) in [6.45, 7) is 2.74. The summed E-state index contributed by atoms with van der Waals surface area (Å²) in [7, 11) is 0. The van der Waals surface area contributed by atoms with Gasteiger partial charge in [-0.15, -0.1) is 0 Å². The Labute approximate surface area is 192 Å². The third-order valence-corrected chi connectivity index (χ3v) is 6.46. The van der Waals surface area contributed by atoms with E-state index in [2.05, 4.69) is 32.5 Å². The van der Waals surface area contributed by atoms with Crippen LogP contribution < -0.4 is 10.2 Å². The average molecular weight is 446 g/mol. The van der Waals surface area contributed by atoms with Gasteiger partial charge in [0.2, 0.25) is 17.6 Å². The largest absolute Gasteiger partial charge is 0.368 e. The van der Waals surface area contributed by atoms with Crippen LogP contribution in [-0.2, 0) is 4.79 Å². The lowest BCUT2D eigenvalue weighted by atomic mass is 9.85. The van der Waals surface area contributed by atoms with Crippen LogP contribution in [0.4, 0.5) is 5.69 Å². The molecule has 1 N–H and O–H groups in total. The van der Waals surface area contributed by atoms with Crippen LogP contribution in [0, 0.1) is 0 Å². The summed E-state index contributed by atoms with van der Waals surface area (Å²) < 4.78 is 5.43. The van der Waals surface area contributed by atoms with Crippen molar-refractivity contribution in [3.8, 4) is 11.4 Å². The SMILES string of the molecule is O=C(NCC(=O)N1CCN(c2ccc(-c3noc(C4CCC4)n3)cc2)CC1)c1ccccc1. The summed E-state index contributed by atoms with van der Waals surface area (Å²) in [5.74, 6) is 1.52. The lowest BCUT2D eigenvalue weighted by molar-refractivity contribution is -0.130. The van der Waals surface area contributed by atoms with Crippen molar-refractivity contribution in [3.63, 3.8) is 0 Å². The molecule has 8 nitrogen and oxygen atoms in total. The molecular weight excluding hydrogens is 418 g/mol.